The van der Waals surface area contributed by atoms with E-state index < -0.39 is 0 Å². The van der Waals surface area contributed by atoms with Crippen LogP contribution < -0.4 is 5.32 Å². The fourth-order valence-electron chi connectivity index (χ4n) is 2.46. The molecule has 4 heteroatoms. The number of nitrogens with zero attached hydrogens (tertiary/aromatic N) is 2. The van der Waals surface area contributed by atoms with E-state index in [0.717, 1.165) is 15.9 Å². The SMILES string of the molecule is CNC(c1ccc(Br)cc1)c1ccnn1-c1ccccc1. The molecular formula is C17H16BrN3. The van der Waals surface area contributed by atoms with Gasteiger partial charge < -0.3 is 5.32 Å². The fraction of sp³-hybridized carbons (Fsp3) is 0.118. The summed E-state index contributed by atoms with van der Waals surface area (Å²) in [5, 5.41) is 7.84. The molecule has 1 heterocycles. The third-order valence-electron chi connectivity index (χ3n) is 3.46. The van der Waals surface area contributed by atoms with Crippen molar-refractivity contribution in [3.8, 4) is 5.69 Å². The molecule has 0 aliphatic carbocycles. The number of aromatic nitrogens is 2. The van der Waals surface area contributed by atoms with E-state index in [4.69, 9.17) is 0 Å². The summed E-state index contributed by atoms with van der Waals surface area (Å²) >= 11 is 3.48. The summed E-state index contributed by atoms with van der Waals surface area (Å²) < 4.78 is 3.06. The van der Waals surface area contributed by atoms with Crippen LogP contribution in [0.5, 0.6) is 0 Å². The molecule has 3 rings (SSSR count). The molecule has 3 nitrogen and oxygen atoms in total. The van der Waals surface area contributed by atoms with Crippen molar-refractivity contribution in [3.63, 3.8) is 0 Å². The Kier molecular flexibility index (Phi) is 4.18. The highest BCUT2D eigenvalue weighted by molar-refractivity contribution is 9.10. The predicted molar refractivity (Wildman–Crippen MR) is 88.6 cm³/mol. The number of hydrogen-bond donors (Lipinski definition) is 1. The first-order valence-corrected chi connectivity index (χ1v) is 7.61. The van der Waals surface area contributed by atoms with E-state index in [1.807, 2.05) is 36.1 Å². The van der Waals surface area contributed by atoms with Gasteiger partial charge in [0, 0.05) is 10.7 Å². The van der Waals surface area contributed by atoms with E-state index in [0.29, 0.717) is 0 Å². The Bertz CT molecular complexity index is 704. The molecule has 0 saturated carbocycles. The van der Waals surface area contributed by atoms with Crippen molar-refractivity contribution in [1.82, 2.24) is 15.1 Å². The highest BCUT2D eigenvalue weighted by Crippen LogP contribution is 2.25. The standard InChI is InChI=1S/C17H16BrN3/c1-19-17(13-7-9-14(18)10-8-13)16-11-12-20-21(16)15-5-3-2-4-6-15/h2-12,17,19H,1H3. The van der Waals surface area contributed by atoms with Gasteiger partial charge in [-0.05, 0) is 42.9 Å². The minimum Gasteiger partial charge on any atom is -0.308 e. The molecule has 0 bridgehead atoms. The van der Waals surface area contributed by atoms with E-state index in [1.165, 1.54) is 5.56 Å². The first kappa shape index (κ1) is 14.0. The number of hydrogen-bond acceptors (Lipinski definition) is 2. The van der Waals surface area contributed by atoms with Gasteiger partial charge in [-0.25, -0.2) is 4.68 Å². The molecule has 3 aromatic rings. The molecule has 1 N–H and O–H groups in total. The molecule has 0 aliphatic rings. The van der Waals surface area contributed by atoms with Crippen molar-refractivity contribution in [2.45, 2.75) is 6.04 Å². The third-order valence-corrected chi connectivity index (χ3v) is 3.99. The molecule has 0 amide bonds. The summed E-state index contributed by atoms with van der Waals surface area (Å²) in [6.07, 6.45) is 1.84. The molecule has 1 unspecified atom stereocenters. The average molecular weight is 342 g/mol. The van der Waals surface area contributed by atoms with E-state index in [1.54, 1.807) is 0 Å². The lowest BCUT2D eigenvalue weighted by Crippen LogP contribution is -2.21. The lowest BCUT2D eigenvalue weighted by Gasteiger charge is -2.18. The summed E-state index contributed by atoms with van der Waals surface area (Å²) in [5.74, 6) is 0. The first-order chi connectivity index (χ1) is 10.3. The molecule has 1 atom stereocenters. The molecule has 21 heavy (non-hydrogen) atoms. The van der Waals surface area contributed by atoms with Gasteiger partial charge in [-0.1, -0.05) is 46.3 Å². The third kappa shape index (κ3) is 2.91. The second-order valence-corrected chi connectivity index (χ2v) is 5.69. The van der Waals surface area contributed by atoms with Crippen molar-refractivity contribution in [2.75, 3.05) is 7.05 Å². The highest BCUT2D eigenvalue weighted by atomic mass is 79.9. The van der Waals surface area contributed by atoms with Crippen LogP contribution in [0.2, 0.25) is 0 Å². The summed E-state index contributed by atoms with van der Waals surface area (Å²) in [6.45, 7) is 0. The summed E-state index contributed by atoms with van der Waals surface area (Å²) in [5.41, 5.74) is 3.39. The molecule has 0 spiro atoms. The summed E-state index contributed by atoms with van der Waals surface area (Å²) in [6, 6.07) is 20.7. The fourth-order valence-corrected chi connectivity index (χ4v) is 2.72. The highest BCUT2D eigenvalue weighted by Gasteiger charge is 2.17. The lowest BCUT2D eigenvalue weighted by atomic mass is 10.0. The van der Waals surface area contributed by atoms with Crippen LogP contribution in [0.3, 0.4) is 0 Å². The second kappa shape index (κ2) is 6.24. The normalized spacial score (nSPS) is 12.3. The van der Waals surface area contributed by atoms with Crippen molar-refractivity contribution in [3.05, 3.63) is 82.6 Å². The van der Waals surface area contributed by atoms with Crippen LogP contribution in [0.4, 0.5) is 0 Å². The van der Waals surface area contributed by atoms with Crippen LogP contribution in [0.25, 0.3) is 5.69 Å². The van der Waals surface area contributed by atoms with Crippen molar-refractivity contribution < 1.29 is 0 Å². The van der Waals surface area contributed by atoms with Gasteiger partial charge in [0.2, 0.25) is 0 Å². The maximum absolute atomic E-state index is 4.47. The van der Waals surface area contributed by atoms with E-state index >= 15 is 0 Å². The summed E-state index contributed by atoms with van der Waals surface area (Å²) in [4.78, 5) is 0. The largest absolute Gasteiger partial charge is 0.308 e. The van der Waals surface area contributed by atoms with Gasteiger partial charge in [-0.3, -0.25) is 0 Å². The molecule has 0 radical (unpaired) electrons. The number of rotatable bonds is 4. The van der Waals surface area contributed by atoms with Crippen LogP contribution in [-0.2, 0) is 0 Å². The van der Waals surface area contributed by atoms with Crippen LogP contribution in [0.1, 0.15) is 17.3 Å². The number of para-hydroxylation sites is 1. The number of benzene rings is 2. The van der Waals surface area contributed by atoms with Crippen molar-refractivity contribution >= 4 is 15.9 Å². The van der Waals surface area contributed by atoms with E-state index in [-0.39, 0.29) is 6.04 Å². The Hall–Kier alpha value is -1.91. The predicted octanol–water partition coefficient (Wildman–Crippen LogP) is 3.94. The van der Waals surface area contributed by atoms with Crippen LogP contribution in [-0.4, -0.2) is 16.8 Å². The Morgan fingerprint density at radius 2 is 1.71 bits per heavy atom. The molecule has 0 fully saturated rings. The molecule has 0 saturated heterocycles. The van der Waals surface area contributed by atoms with Gasteiger partial charge in [-0.2, -0.15) is 5.10 Å². The van der Waals surface area contributed by atoms with Gasteiger partial charge in [0.25, 0.3) is 0 Å². The second-order valence-electron chi connectivity index (χ2n) is 4.78. The number of nitrogens with one attached hydrogen (secondary N) is 1. The zero-order valence-corrected chi connectivity index (χ0v) is 13.3. The summed E-state index contributed by atoms with van der Waals surface area (Å²) in [7, 11) is 1.97. The van der Waals surface area contributed by atoms with Gasteiger partial charge in [0.05, 0.1) is 17.4 Å². The zero-order valence-electron chi connectivity index (χ0n) is 11.7. The Labute approximate surface area is 132 Å². The van der Waals surface area contributed by atoms with Crippen molar-refractivity contribution in [2.24, 2.45) is 0 Å². The van der Waals surface area contributed by atoms with Gasteiger partial charge >= 0.3 is 0 Å². The Morgan fingerprint density at radius 1 is 1.00 bits per heavy atom. The van der Waals surface area contributed by atoms with Crippen LogP contribution >= 0.6 is 15.9 Å². The molecule has 2 aromatic carbocycles. The Balaban J connectivity index is 2.03. The van der Waals surface area contributed by atoms with Crippen LogP contribution in [0.15, 0.2) is 71.3 Å². The van der Waals surface area contributed by atoms with Gasteiger partial charge in [-0.15, -0.1) is 0 Å². The van der Waals surface area contributed by atoms with Crippen molar-refractivity contribution in [1.29, 1.82) is 0 Å². The molecular weight excluding hydrogens is 326 g/mol. The quantitative estimate of drug-likeness (QED) is 0.778. The molecule has 106 valence electrons. The van der Waals surface area contributed by atoms with Gasteiger partial charge in [0.1, 0.15) is 0 Å². The first-order valence-electron chi connectivity index (χ1n) is 6.81. The molecule has 0 aliphatic heterocycles. The topological polar surface area (TPSA) is 29.9 Å². The van der Waals surface area contributed by atoms with Crippen LogP contribution in [0, 0.1) is 0 Å². The smallest absolute Gasteiger partial charge is 0.0750 e. The molecule has 1 aromatic heterocycles. The minimum absolute atomic E-state index is 0.0980. The monoisotopic (exact) mass is 341 g/mol. The number of halogens is 1. The average Bonchev–Trinajstić information content (AvgIpc) is 3.00. The van der Waals surface area contributed by atoms with E-state index in [9.17, 15) is 0 Å². The Morgan fingerprint density at radius 3 is 2.38 bits per heavy atom. The lowest BCUT2D eigenvalue weighted by molar-refractivity contribution is 0.637. The van der Waals surface area contributed by atoms with E-state index in [2.05, 4.69) is 68.8 Å². The maximum Gasteiger partial charge on any atom is 0.0750 e. The zero-order chi connectivity index (χ0) is 14.7. The maximum atomic E-state index is 4.47. The minimum atomic E-state index is 0.0980. The van der Waals surface area contributed by atoms with Gasteiger partial charge in [0.15, 0.2) is 0 Å².